The molecule has 0 saturated carbocycles. The van der Waals surface area contributed by atoms with Crippen LogP contribution in [0.3, 0.4) is 0 Å². The predicted molar refractivity (Wildman–Crippen MR) is 79.4 cm³/mol. The molecule has 5 nitrogen and oxygen atoms in total. The Morgan fingerprint density at radius 2 is 2.50 bits per heavy atom. The van der Waals surface area contributed by atoms with Gasteiger partial charge in [-0.2, -0.15) is 9.64 Å². The van der Waals surface area contributed by atoms with Gasteiger partial charge in [-0.25, -0.2) is 4.98 Å². The molecule has 2 aromatic rings. The van der Waals surface area contributed by atoms with Gasteiger partial charge in [0.15, 0.2) is 5.15 Å². The van der Waals surface area contributed by atoms with Gasteiger partial charge in [-0.1, -0.05) is 11.6 Å². The smallest absolute Gasteiger partial charge is 0.169 e. The highest BCUT2D eigenvalue weighted by atomic mass is 35.5. The van der Waals surface area contributed by atoms with Gasteiger partial charge in [0.05, 0.1) is 36.4 Å². The van der Waals surface area contributed by atoms with E-state index in [1.165, 1.54) is 11.5 Å². The van der Waals surface area contributed by atoms with Crippen molar-refractivity contribution < 1.29 is 4.74 Å². The number of hydrogen-bond acceptors (Lipinski definition) is 6. The molecular weight excluding hydrogens is 296 g/mol. The van der Waals surface area contributed by atoms with Gasteiger partial charge in [0, 0.05) is 6.54 Å². The minimum Gasteiger partial charge on any atom is -0.377 e. The molecule has 0 aliphatic carbocycles. The summed E-state index contributed by atoms with van der Waals surface area (Å²) in [5, 5.41) is 9.40. The van der Waals surface area contributed by atoms with E-state index in [2.05, 4.69) is 27.3 Å². The molecule has 0 N–H and O–H groups in total. The first-order valence-electron chi connectivity index (χ1n) is 6.37. The lowest BCUT2D eigenvalue weighted by atomic mass is 10.1. The number of nitriles is 1. The number of nitrogens with zero attached hydrogens (tertiary/aromatic N) is 4. The van der Waals surface area contributed by atoms with E-state index in [9.17, 15) is 0 Å². The zero-order valence-electron chi connectivity index (χ0n) is 11.0. The second-order valence-electron chi connectivity index (χ2n) is 4.74. The van der Waals surface area contributed by atoms with Crippen LogP contribution in [0.2, 0.25) is 5.15 Å². The van der Waals surface area contributed by atoms with Gasteiger partial charge in [-0.3, -0.25) is 0 Å². The molecule has 1 fully saturated rings. The average molecular weight is 309 g/mol. The van der Waals surface area contributed by atoms with Crippen molar-refractivity contribution in [1.82, 2.24) is 9.36 Å². The molecule has 7 heteroatoms. The Kier molecular flexibility index (Phi) is 3.74. The van der Waals surface area contributed by atoms with Crippen LogP contribution in [0, 0.1) is 11.3 Å². The third-order valence-corrected chi connectivity index (χ3v) is 4.66. The molecule has 0 bridgehead atoms. The van der Waals surface area contributed by atoms with E-state index in [0.717, 1.165) is 22.6 Å². The Morgan fingerprint density at radius 1 is 1.65 bits per heavy atom. The molecule has 0 aromatic carbocycles. The topological polar surface area (TPSA) is 62.0 Å². The molecular formula is C13H13ClN4OS. The summed E-state index contributed by atoms with van der Waals surface area (Å²) in [5.74, 6) is 0.848. The highest BCUT2D eigenvalue weighted by Gasteiger charge is 2.22. The maximum absolute atomic E-state index is 8.99. The summed E-state index contributed by atoms with van der Waals surface area (Å²) in [6.07, 6.45) is 0.337. The van der Waals surface area contributed by atoms with Crippen molar-refractivity contribution in [2.75, 3.05) is 24.7 Å². The molecule has 1 saturated heterocycles. The van der Waals surface area contributed by atoms with Crippen LogP contribution >= 0.6 is 23.1 Å². The number of anilines is 1. The highest BCUT2D eigenvalue weighted by Crippen LogP contribution is 2.32. The number of morpholine rings is 1. The van der Waals surface area contributed by atoms with Crippen LogP contribution in [0.4, 0.5) is 5.82 Å². The Morgan fingerprint density at radius 3 is 3.25 bits per heavy atom. The second kappa shape index (κ2) is 5.52. The van der Waals surface area contributed by atoms with Gasteiger partial charge in [0.1, 0.15) is 11.3 Å². The predicted octanol–water partition coefficient (Wildman–Crippen LogP) is 2.64. The zero-order chi connectivity index (χ0) is 14.1. The minimum atomic E-state index is 0.258. The molecule has 0 radical (unpaired) electrons. The summed E-state index contributed by atoms with van der Waals surface area (Å²) in [6.45, 7) is 4.26. The molecule has 0 amide bonds. The number of rotatable bonds is 2. The third-order valence-electron chi connectivity index (χ3n) is 3.38. The molecule has 1 atom stereocenters. The van der Waals surface area contributed by atoms with Crippen LogP contribution in [-0.2, 0) is 11.2 Å². The molecule has 2 aromatic heterocycles. The van der Waals surface area contributed by atoms with E-state index in [1.54, 1.807) is 0 Å². The van der Waals surface area contributed by atoms with Crippen molar-refractivity contribution in [3.63, 3.8) is 0 Å². The number of ether oxygens (including phenoxy) is 1. The van der Waals surface area contributed by atoms with E-state index < -0.39 is 0 Å². The van der Waals surface area contributed by atoms with Crippen molar-refractivity contribution >= 4 is 39.2 Å². The van der Waals surface area contributed by atoms with Crippen LogP contribution in [0.1, 0.15) is 12.5 Å². The van der Waals surface area contributed by atoms with Gasteiger partial charge >= 0.3 is 0 Å². The molecule has 3 heterocycles. The largest absolute Gasteiger partial charge is 0.377 e. The summed E-state index contributed by atoms with van der Waals surface area (Å²) < 4.78 is 10.5. The number of pyridine rings is 1. The van der Waals surface area contributed by atoms with Gasteiger partial charge in [-0.15, -0.1) is 0 Å². The lowest BCUT2D eigenvalue weighted by Crippen LogP contribution is -2.44. The van der Waals surface area contributed by atoms with Gasteiger partial charge in [-0.05, 0) is 30.1 Å². The van der Waals surface area contributed by atoms with Crippen molar-refractivity contribution in [3.05, 3.63) is 16.8 Å². The van der Waals surface area contributed by atoms with Crippen molar-refractivity contribution in [1.29, 1.82) is 5.26 Å². The summed E-state index contributed by atoms with van der Waals surface area (Å²) in [7, 11) is 0. The molecule has 1 aliphatic heterocycles. The Labute approximate surface area is 125 Å². The van der Waals surface area contributed by atoms with Gasteiger partial charge < -0.3 is 9.64 Å². The monoisotopic (exact) mass is 308 g/mol. The molecule has 3 rings (SSSR count). The first-order chi connectivity index (χ1) is 9.70. The number of aromatic nitrogens is 2. The minimum absolute atomic E-state index is 0.258. The van der Waals surface area contributed by atoms with E-state index >= 15 is 0 Å². The Balaban J connectivity index is 2.11. The third kappa shape index (κ3) is 2.33. The van der Waals surface area contributed by atoms with Crippen LogP contribution in [0.25, 0.3) is 10.2 Å². The second-order valence-corrected chi connectivity index (χ2v) is 5.87. The average Bonchev–Trinajstić information content (AvgIpc) is 2.82. The van der Waals surface area contributed by atoms with E-state index in [0.29, 0.717) is 30.3 Å². The quantitative estimate of drug-likeness (QED) is 0.853. The summed E-state index contributed by atoms with van der Waals surface area (Å²) in [5.41, 5.74) is 1.63. The molecule has 1 aliphatic rings. The SMILES string of the molecule is CC1COCCN1c1cc(CC#N)c2snc(Cl)c2n1. The van der Waals surface area contributed by atoms with Crippen LogP contribution in [0.5, 0.6) is 0 Å². The van der Waals surface area contributed by atoms with Crippen molar-refractivity contribution in [2.24, 2.45) is 0 Å². The Hall–Kier alpha value is -1.42. The Bertz CT molecular complexity index is 681. The van der Waals surface area contributed by atoms with Crippen molar-refractivity contribution in [3.8, 4) is 6.07 Å². The van der Waals surface area contributed by atoms with Crippen LogP contribution < -0.4 is 4.90 Å². The maximum Gasteiger partial charge on any atom is 0.169 e. The van der Waals surface area contributed by atoms with E-state index in [-0.39, 0.29) is 6.04 Å². The normalized spacial score (nSPS) is 19.2. The number of fused-ring (bicyclic) bond motifs is 1. The first-order valence-corrected chi connectivity index (χ1v) is 7.52. The lowest BCUT2D eigenvalue weighted by Gasteiger charge is -2.34. The van der Waals surface area contributed by atoms with Gasteiger partial charge in [0.2, 0.25) is 0 Å². The van der Waals surface area contributed by atoms with E-state index in [1.807, 2.05) is 6.07 Å². The van der Waals surface area contributed by atoms with E-state index in [4.69, 9.17) is 21.6 Å². The number of halogens is 1. The lowest BCUT2D eigenvalue weighted by molar-refractivity contribution is 0.0985. The standard InChI is InChI=1S/C13H13ClN4OS/c1-8-7-19-5-4-18(8)10-6-9(2-3-15)12-11(16-10)13(14)17-20-12/h6,8H,2,4-5,7H2,1H3. The molecule has 0 spiro atoms. The van der Waals surface area contributed by atoms with Crippen LogP contribution in [0.15, 0.2) is 6.07 Å². The van der Waals surface area contributed by atoms with Gasteiger partial charge in [0.25, 0.3) is 0 Å². The highest BCUT2D eigenvalue weighted by molar-refractivity contribution is 7.14. The maximum atomic E-state index is 8.99. The molecule has 20 heavy (non-hydrogen) atoms. The molecule has 104 valence electrons. The summed E-state index contributed by atoms with van der Waals surface area (Å²) >= 11 is 7.40. The molecule has 1 unspecified atom stereocenters. The first kappa shape index (κ1) is 13.6. The van der Waals surface area contributed by atoms with Crippen molar-refractivity contribution in [2.45, 2.75) is 19.4 Å². The fourth-order valence-corrected chi connectivity index (χ4v) is 3.40. The zero-order valence-corrected chi connectivity index (χ0v) is 12.5. The fraction of sp³-hybridized carbons (Fsp3) is 0.462. The van der Waals surface area contributed by atoms with Crippen LogP contribution in [-0.4, -0.2) is 35.2 Å². The summed E-state index contributed by atoms with van der Waals surface area (Å²) in [6, 6.07) is 4.42. The number of hydrogen-bond donors (Lipinski definition) is 0. The summed E-state index contributed by atoms with van der Waals surface area (Å²) in [4.78, 5) is 6.82. The fourth-order valence-electron chi connectivity index (χ4n) is 2.37.